The van der Waals surface area contributed by atoms with Crippen LogP contribution in [-0.2, 0) is 0 Å². The molecule has 0 saturated heterocycles. The first kappa shape index (κ1) is 12.0. The molecule has 0 heterocycles. The maximum atomic E-state index is 12.1. The smallest absolute Gasteiger partial charge is 0.324 e. The van der Waals surface area contributed by atoms with Gasteiger partial charge in [0.1, 0.15) is 0 Å². The van der Waals surface area contributed by atoms with Gasteiger partial charge in [0.15, 0.2) is 0 Å². The van der Waals surface area contributed by atoms with Crippen molar-refractivity contribution in [2.24, 2.45) is 5.73 Å². The fraction of sp³-hybridized carbons (Fsp3) is 0.455. The molecule has 1 aromatic carbocycles. The van der Waals surface area contributed by atoms with Crippen LogP contribution in [0.3, 0.4) is 0 Å². The van der Waals surface area contributed by atoms with Crippen molar-refractivity contribution in [3.8, 4) is 0 Å². The van der Waals surface area contributed by atoms with Gasteiger partial charge in [0.25, 0.3) is 0 Å². The zero-order chi connectivity index (χ0) is 11.6. The molecule has 0 saturated carbocycles. The molecule has 1 aromatic rings. The van der Waals surface area contributed by atoms with E-state index in [-0.39, 0.29) is 0 Å². The van der Waals surface area contributed by atoms with E-state index in [1.54, 1.807) is 12.1 Å². The lowest BCUT2D eigenvalue weighted by molar-refractivity contribution is -0.138. The largest absolute Gasteiger partial charge is 0.390 e. The molecule has 0 aliphatic carbocycles. The highest BCUT2D eigenvalue weighted by atomic mass is 19.4. The standard InChI is InChI=1S/C11H14F3N/c1-7-3-8(2)5-9(4-7)10(15)6-11(12,13)14/h3-5,10H,6,15H2,1-2H3/t10-/m1/s1. The predicted octanol–water partition coefficient (Wildman–Crippen LogP) is 3.26. The molecular formula is C11H14F3N. The van der Waals surface area contributed by atoms with E-state index in [1.165, 1.54) is 0 Å². The first-order chi connectivity index (χ1) is 6.78. The highest BCUT2D eigenvalue weighted by molar-refractivity contribution is 5.30. The zero-order valence-corrected chi connectivity index (χ0v) is 8.73. The number of hydrogen-bond acceptors (Lipinski definition) is 1. The van der Waals surface area contributed by atoms with Gasteiger partial charge in [-0.05, 0) is 19.4 Å². The molecule has 2 N–H and O–H groups in total. The van der Waals surface area contributed by atoms with Crippen molar-refractivity contribution in [2.75, 3.05) is 0 Å². The topological polar surface area (TPSA) is 26.0 Å². The quantitative estimate of drug-likeness (QED) is 0.808. The van der Waals surface area contributed by atoms with E-state index >= 15 is 0 Å². The summed E-state index contributed by atoms with van der Waals surface area (Å²) in [5, 5.41) is 0. The number of halogens is 3. The molecule has 84 valence electrons. The van der Waals surface area contributed by atoms with Gasteiger partial charge in [0.2, 0.25) is 0 Å². The summed E-state index contributed by atoms with van der Waals surface area (Å²) in [5.41, 5.74) is 7.91. The Labute approximate surface area is 87.1 Å². The van der Waals surface area contributed by atoms with E-state index in [2.05, 4.69) is 0 Å². The average molecular weight is 217 g/mol. The Bertz CT molecular complexity index is 324. The van der Waals surface area contributed by atoms with Crippen LogP contribution in [0.2, 0.25) is 0 Å². The van der Waals surface area contributed by atoms with Crippen molar-refractivity contribution in [1.82, 2.24) is 0 Å². The molecule has 0 unspecified atom stereocenters. The monoisotopic (exact) mass is 217 g/mol. The van der Waals surface area contributed by atoms with Gasteiger partial charge in [0, 0.05) is 6.04 Å². The molecule has 0 aliphatic rings. The molecule has 0 fully saturated rings. The molecule has 0 bridgehead atoms. The summed E-state index contributed by atoms with van der Waals surface area (Å²) >= 11 is 0. The van der Waals surface area contributed by atoms with E-state index in [1.807, 2.05) is 19.9 Å². The van der Waals surface area contributed by atoms with Crippen LogP contribution in [0, 0.1) is 13.8 Å². The first-order valence-corrected chi connectivity index (χ1v) is 4.68. The van der Waals surface area contributed by atoms with E-state index in [4.69, 9.17) is 5.73 Å². The second kappa shape index (κ2) is 4.23. The Morgan fingerprint density at radius 2 is 1.60 bits per heavy atom. The highest BCUT2D eigenvalue weighted by Gasteiger charge is 2.30. The number of aryl methyl sites for hydroxylation is 2. The maximum Gasteiger partial charge on any atom is 0.390 e. The average Bonchev–Trinajstić information content (AvgIpc) is 1.98. The molecule has 15 heavy (non-hydrogen) atoms. The number of alkyl halides is 3. The van der Waals surface area contributed by atoms with Crippen molar-refractivity contribution >= 4 is 0 Å². The lowest BCUT2D eigenvalue weighted by Crippen LogP contribution is -2.20. The Morgan fingerprint density at radius 3 is 2.00 bits per heavy atom. The van der Waals surface area contributed by atoms with Crippen LogP contribution in [0.1, 0.15) is 29.2 Å². The van der Waals surface area contributed by atoms with Gasteiger partial charge >= 0.3 is 6.18 Å². The molecule has 0 amide bonds. The fourth-order valence-corrected chi connectivity index (χ4v) is 1.59. The predicted molar refractivity (Wildman–Crippen MR) is 53.5 cm³/mol. The molecule has 0 radical (unpaired) electrons. The maximum absolute atomic E-state index is 12.1. The van der Waals surface area contributed by atoms with Gasteiger partial charge in [-0.1, -0.05) is 29.3 Å². The van der Waals surface area contributed by atoms with Crippen LogP contribution >= 0.6 is 0 Å². The second-order valence-corrected chi connectivity index (χ2v) is 3.85. The van der Waals surface area contributed by atoms with Crippen LogP contribution in [0.4, 0.5) is 13.2 Å². The molecular weight excluding hydrogens is 203 g/mol. The Morgan fingerprint density at radius 1 is 1.13 bits per heavy atom. The van der Waals surface area contributed by atoms with Crippen molar-refractivity contribution in [1.29, 1.82) is 0 Å². The van der Waals surface area contributed by atoms with Crippen molar-refractivity contribution in [3.05, 3.63) is 34.9 Å². The Balaban J connectivity index is 2.86. The number of nitrogens with two attached hydrogens (primary N) is 1. The summed E-state index contributed by atoms with van der Waals surface area (Å²) in [6.45, 7) is 3.69. The third-order valence-corrected chi connectivity index (χ3v) is 2.12. The molecule has 1 rings (SSSR count). The summed E-state index contributed by atoms with van der Waals surface area (Å²) < 4.78 is 36.3. The van der Waals surface area contributed by atoms with Gasteiger partial charge in [-0.2, -0.15) is 13.2 Å². The van der Waals surface area contributed by atoms with Gasteiger partial charge in [0.05, 0.1) is 6.42 Å². The van der Waals surface area contributed by atoms with Crippen LogP contribution in [0.5, 0.6) is 0 Å². The zero-order valence-electron chi connectivity index (χ0n) is 8.73. The van der Waals surface area contributed by atoms with Crippen LogP contribution in [0.15, 0.2) is 18.2 Å². The first-order valence-electron chi connectivity index (χ1n) is 4.68. The SMILES string of the molecule is Cc1cc(C)cc([C@H](N)CC(F)(F)F)c1. The minimum atomic E-state index is -4.21. The molecule has 0 spiro atoms. The van der Waals surface area contributed by atoms with Crippen LogP contribution in [0.25, 0.3) is 0 Å². The molecule has 1 atom stereocenters. The van der Waals surface area contributed by atoms with Gasteiger partial charge in [-0.25, -0.2) is 0 Å². The normalized spacial score (nSPS) is 14.0. The van der Waals surface area contributed by atoms with Gasteiger partial charge in [-0.15, -0.1) is 0 Å². The molecule has 0 aliphatic heterocycles. The van der Waals surface area contributed by atoms with E-state index < -0.39 is 18.6 Å². The minimum Gasteiger partial charge on any atom is -0.324 e. The van der Waals surface area contributed by atoms with E-state index in [0.29, 0.717) is 5.56 Å². The fourth-order valence-electron chi connectivity index (χ4n) is 1.59. The van der Waals surface area contributed by atoms with Crippen molar-refractivity contribution in [2.45, 2.75) is 32.5 Å². The summed E-state index contributed by atoms with van der Waals surface area (Å²) in [5.74, 6) is 0. The van der Waals surface area contributed by atoms with Gasteiger partial charge in [-0.3, -0.25) is 0 Å². The third-order valence-electron chi connectivity index (χ3n) is 2.12. The summed E-state index contributed by atoms with van der Waals surface area (Å²) in [7, 11) is 0. The Hall–Kier alpha value is -1.03. The highest BCUT2D eigenvalue weighted by Crippen LogP contribution is 2.28. The number of benzene rings is 1. The molecule has 4 heteroatoms. The summed E-state index contributed by atoms with van der Waals surface area (Å²) in [6.07, 6.45) is -5.19. The summed E-state index contributed by atoms with van der Waals surface area (Å²) in [6, 6.07) is 4.33. The van der Waals surface area contributed by atoms with Gasteiger partial charge < -0.3 is 5.73 Å². The number of rotatable bonds is 2. The summed E-state index contributed by atoms with van der Waals surface area (Å²) in [4.78, 5) is 0. The van der Waals surface area contributed by atoms with Crippen LogP contribution in [-0.4, -0.2) is 6.18 Å². The lowest BCUT2D eigenvalue weighted by Gasteiger charge is -2.15. The number of hydrogen-bond donors (Lipinski definition) is 1. The van der Waals surface area contributed by atoms with Crippen molar-refractivity contribution in [3.63, 3.8) is 0 Å². The van der Waals surface area contributed by atoms with Crippen molar-refractivity contribution < 1.29 is 13.2 Å². The molecule has 0 aromatic heterocycles. The third kappa shape index (κ3) is 3.91. The van der Waals surface area contributed by atoms with E-state index in [9.17, 15) is 13.2 Å². The Kier molecular flexibility index (Phi) is 3.39. The molecule has 1 nitrogen and oxygen atoms in total. The minimum absolute atomic E-state index is 0.546. The second-order valence-electron chi connectivity index (χ2n) is 3.85. The van der Waals surface area contributed by atoms with E-state index in [0.717, 1.165) is 11.1 Å². The van der Waals surface area contributed by atoms with Crippen LogP contribution < -0.4 is 5.73 Å². The lowest BCUT2D eigenvalue weighted by atomic mass is 10.00.